The van der Waals surface area contributed by atoms with Gasteiger partial charge in [-0.25, -0.2) is 9.37 Å². The van der Waals surface area contributed by atoms with Crippen LogP contribution < -0.4 is 5.32 Å². The Bertz CT molecular complexity index is 883. The van der Waals surface area contributed by atoms with E-state index in [1.165, 1.54) is 12.1 Å². The van der Waals surface area contributed by atoms with Crippen molar-refractivity contribution in [3.05, 3.63) is 87.8 Å². The Morgan fingerprint density at radius 2 is 1.84 bits per heavy atom. The van der Waals surface area contributed by atoms with E-state index in [0.29, 0.717) is 27.8 Å². The maximum Gasteiger partial charge on any atom is 0.123 e. The van der Waals surface area contributed by atoms with Crippen molar-refractivity contribution >= 4 is 23.2 Å². The molecule has 1 unspecified atom stereocenters. The van der Waals surface area contributed by atoms with Crippen molar-refractivity contribution in [1.29, 1.82) is 0 Å². The first-order valence-corrected chi connectivity index (χ1v) is 8.69. The number of pyridine rings is 1. The van der Waals surface area contributed by atoms with E-state index in [1.54, 1.807) is 18.2 Å². The summed E-state index contributed by atoms with van der Waals surface area (Å²) in [6.07, 6.45) is 0. The zero-order valence-electron chi connectivity index (χ0n) is 13.6. The third-order valence-corrected chi connectivity index (χ3v) is 4.48. The molecule has 0 fully saturated rings. The summed E-state index contributed by atoms with van der Waals surface area (Å²) < 4.78 is 13.5. The number of hydrogen-bond donors (Lipinski definition) is 1. The van der Waals surface area contributed by atoms with Crippen molar-refractivity contribution in [2.24, 2.45) is 0 Å². The van der Waals surface area contributed by atoms with Crippen LogP contribution in [0, 0.1) is 5.82 Å². The minimum Gasteiger partial charge on any atom is -0.305 e. The van der Waals surface area contributed by atoms with Gasteiger partial charge in [0.2, 0.25) is 0 Å². The number of halogens is 3. The van der Waals surface area contributed by atoms with E-state index in [-0.39, 0.29) is 11.9 Å². The van der Waals surface area contributed by atoms with Crippen LogP contribution in [0.2, 0.25) is 10.0 Å². The van der Waals surface area contributed by atoms with E-state index in [9.17, 15) is 4.39 Å². The quantitative estimate of drug-likeness (QED) is 0.588. The van der Waals surface area contributed by atoms with Gasteiger partial charge >= 0.3 is 0 Å². The number of benzene rings is 2. The van der Waals surface area contributed by atoms with Crippen LogP contribution >= 0.6 is 23.2 Å². The average Bonchev–Trinajstić information content (AvgIpc) is 2.60. The smallest absolute Gasteiger partial charge is 0.123 e. The summed E-state index contributed by atoms with van der Waals surface area (Å²) >= 11 is 12.3. The van der Waals surface area contributed by atoms with Crippen molar-refractivity contribution in [2.75, 3.05) is 0 Å². The number of hydrogen-bond acceptors (Lipinski definition) is 2. The van der Waals surface area contributed by atoms with E-state index < -0.39 is 0 Å². The Morgan fingerprint density at radius 1 is 1.04 bits per heavy atom. The molecule has 0 saturated heterocycles. The lowest BCUT2D eigenvalue weighted by molar-refractivity contribution is 0.568. The molecule has 0 amide bonds. The van der Waals surface area contributed by atoms with Crippen LogP contribution in [0.15, 0.2) is 60.7 Å². The largest absolute Gasteiger partial charge is 0.305 e. The molecule has 0 aliphatic heterocycles. The number of nitrogens with one attached hydrogen (secondary N) is 1. The maximum absolute atomic E-state index is 13.5. The molecule has 128 valence electrons. The highest BCUT2D eigenvalue weighted by Crippen LogP contribution is 2.27. The third kappa shape index (κ3) is 4.57. The SMILES string of the molecule is CC(NCc1ccc(Cl)c(-c2cccc(F)c2)n1)c1cccc(Cl)c1. The highest BCUT2D eigenvalue weighted by Gasteiger charge is 2.10. The van der Waals surface area contributed by atoms with Gasteiger partial charge in [0.15, 0.2) is 0 Å². The molecular weight excluding hydrogens is 358 g/mol. The molecule has 0 aliphatic rings. The van der Waals surface area contributed by atoms with Crippen molar-refractivity contribution in [1.82, 2.24) is 10.3 Å². The minimum atomic E-state index is -0.312. The Labute approximate surface area is 156 Å². The molecule has 1 aromatic heterocycles. The van der Waals surface area contributed by atoms with Gasteiger partial charge in [-0.15, -0.1) is 0 Å². The monoisotopic (exact) mass is 374 g/mol. The van der Waals surface area contributed by atoms with E-state index >= 15 is 0 Å². The highest BCUT2D eigenvalue weighted by atomic mass is 35.5. The van der Waals surface area contributed by atoms with Crippen molar-refractivity contribution < 1.29 is 4.39 Å². The first-order chi connectivity index (χ1) is 12.0. The van der Waals surface area contributed by atoms with E-state index in [2.05, 4.69) is 17.2 Å². The van der Waals surface area contributed by atoms with Gasteiger partial charge in [0.05, 0.1) is 16.4 Å². The molecule has 25 heavy (non-hydrogen) atoms. The van der Waals surface area contributed by atoms with Gasteiger partial charge in [0.1, 0.15) is 5.82 Å². The van der Waals surface area contributed by atoms with Crippen molar-refractivity contribution in [3.63, 3.8) is 0 Å². The van der Waals surface area contributed by atoms with Crippen LogP contribution in [0.3, 0.4) is 0 Å². The normalized spacial score (nSPS) is 12.2. The van der Waals surface area contributed by atoms with Crippen LogP contribution in [-0.2, 0) is 6.54 Å². The van der Waals surface area contributed by atoms with Crippen LogP contribution in [-0.4, -0.2) is 4.98 Å². The third-order valence-electron chi connectivity index (χ3n) is 3.94. The molecule has 5 heteroatoms. The second kappa shape index (κ2) is 7.96. The topological polar surface area (TPSA) is 24.9 Å². The average molecular weight is 375 g/mol. The lowest BCUT2D eigenvalue weighted by Crippen LogP contribution is -2.18. The second-order valence-electron chi connectivity index (χ2n) is 5.80. The van der Waals surface area contributed by atoms with Gasteiger partial charge in [0, 0.05) is 23.2 Å². The molecule has 0 spiro atoms. The van der Waals surface area contributed by atoms with Gasteiger partial charge in [-0.1, -0.05) is 47.5 Å². The molecule has 2 nitrogen and oxygen atoms in total. The van der Waals surface area contributed by atoms with Gasteiger partial charge in [-0.3, -0.25) is 0 Å². The van der Waals surface area contributed by atoms with E-state index in [4.69, 9.17) is 23.2 Å². The fourth-order valence-electron chi connectivity index (χ4n) is 2.57. The zero-order chi connectivity index (χ0) is 17.8. The Kier molecular flexibility index (Phi) is 5.69. The van der Waals surface area contributed by atoms with Crippen LogP contribution in [0.1, 0.15) is 24.2 Å². The minimum absolute atomic E-state index is 0.119. The maximum atomic E-state index is 13.5. The van der Waals surface area contributed by atoms with Crippen molar-refractivity contribution in [3.8, 4) is 11.3 Å². The summed E-state index contributed by atoms with van der Waals surface area (Å²) in [5.41, 5.74) is 3.18. The predicted molar refractivity (Wildman–Crippen MR) is 101 cm³/mol. The molecule has 0 radical (unpaired) electrons. The molecule has 0 bridgehead atoms. The molecule has 3 aromatic rings. The van der Waals surface area contributed by atoms with Crippen LogP contribution in [0.25, 0.3) is 11.3 Å². The molecule has 1 heterocycles. The summed E-state index contributed by atoms with van der Waals surface area (Å²) in [6.45, 7) is 2.63. The molecule has 0 saturated carbocycles. The van der Waals surface area contributed by atoms with Crippen molar-refractivity contribution in [2.45, 2.75) is 19.5 Å². The Morgan fingerprint density at radius 3 is 2.60 bits per heavy atom. The number of aromatic nitrogens is 1. The van der Waals surface area contributed by atoms with Crippen LogP contribution in [0.5, 0.6) is 0 Å². The zero-order valence-corrected chi connectivity index (χ0v) is 15.2. The highest BCUT2D eigenvalue weighted by molar-refractivity contribution is 6.33. The molecule has 3 rings (SSSR count). The van der Waals surface area contributed by atoms with Gasteiger partial charge < -0.3 is 5.32 Å². The summed E-state index contributed by atoms with van der Waals surface area (Å²) in [5.74, 6) is -0.312. The summed E-state index contributed by atoms with van der Waals surface area (Å²) in [4.78, 5) is 4.58. The predicted octanol–water partition coefficient (Wildman–Crippen LogP) is 6.05. The van der Waals surface area contributed by atoms with Crippen LogP contribution in [0.4, 0.5) is 4.39 Å². The second-order valence-corrected chi connectivity index (χ2v) is 6.64. The van der Waals surface area contributed by atoms with E-state index in [0.717, 1.165) is 11.3 Å². The Balaban J connectivity index is 1.76. The molecule has 1 atom stereocenters. The Hall–Kier alpha value is -1.94. The molecule has 2 aromatic carbocycles. The number of nitrogens with zero attached hydrogens (tertiary/aromatic N) is 1. The van der Waals surface area contributed by atoms with Gasteiger partial charge in [0.25, 0.3) is 0 Å². The lowest BCUT2D eigenvalue weighted by Gasteiger charge is -2.15. The molecular formula is C20H17Cl2FN2. The fraction of sp³-hybridized carbons (Fsp3) is 0.150. The first kappa shape index (κ1) is 17.9. The summed E-state index contributed by atoms with van der Waals surface area (Å²) in [6, 6.07) is 17.8. The lowest BCUT2D eigenvalue weighted by atomic mass is 10.1. The summed E-state index contributed by atoms with van der Waals surface area (Å²) in [5, 5.41) is 4.62. The fourth-order valence-corrected chi connectivity index (χ4v) is 2.98. The summed E-state index contributed by atoms with van der Waals surface area (Å²) in [7, 11) is 0. The molecule has 0 aliphatic carbocycles. The van der Waals surface area contributed by atoms with Gasteiger partial charge in [-0.05, 0) is 48.9 Å². The molecule has 1 N–H and O–H groups in total. The standard InChI is InChI=1S/C20H17Cl2FN2/c1-13(14-4-2-6-16(21)10-14)24-12-18-8-9-19(22)20(25-18)15-5-3-7-17(23)11-15/h2-11,13,24H,12H2,1H3. The van der Waals surface area contributed by atoms with Gasteiger partial charge in [-0.2, -0.15) is 0 Å². The van der Waals surface area contributed by atoms with E-state index in [1.807, 2.05) is 30.3 Å². The number of rotatable bonds is 5. The first-order valence-electron chi connectivity index (χ1n) is 7.93.